The minimum absolute atomic E-state index is 0.335. The molecule has 144 valence electrons. The minimum atomic E-state index is -3.68. The summed E-state index contributed by atoms with van der Waals surface area (Å²) in [6.45, 7) is 7.65. The van der Waals surface area contributed by atoms with Crippen LogP contribution in [0.25, 0.3) is 16.2 Å². The van der Waals surface area contributed by atoms with Crippen molar-refractivity contribution in [1.82, 2.24) is 9.38 Å². The molecule has 0 radical (unpaired) electrons. The summed E-state index contributed by atoms with van der Waals surface area (Å²) >= 11 is 1.59. The summed E-state index contributed by atoms with van der Waals surface area (Å²) in [5.74, 6) is 0. The van der Waals surface area contributed by atoms with Gasteiger partial charge in [-0.25, -0.2) is 13.4 Å². The highest BCUT2D eigenvalue weighted by Crippen LogP contribution is 2.28. The summed E-state index contributed by atoms with van der Waals surface area (Å²) in [6.07, 6.45) is 1.98. The normalized spacial score (nSPS) is 11.9. The lowest BCUT2D eigenvalue weighted by molar-refractivity contribution is 0.600. The van der Waals surface area contributed by atoms with Gasteiger partial charge in [0.05, 0.1) is 10.6 Å². The van der Waals surface area contributed by atoms with Crippen LogP contribution in [0.3, 0.4) is 0 Å². The summed E-state index contributed by atoms with van der Waals surface area (Å²) in [4.78, 5) is 5.90. The van der Waals surface area contributed by atoms with Crippen LogP contribution in [0.5, 0.6) is 0 Å². The molecule has 0 bridgehead atoms. The Hall–Kier alpha value is -2.64. The summed E-state index contributed by atoms with van der Waals surface area (Å²) in [5, 5.41) is 2.06. The quantitative estimate of drug-likeness (QED) is 0.508. The number of sulfonamides is 1. The number of hydrogen-bond donors (Lipinski definition) is 1. The Labute approximate surface area is 168 Å². The predicted octanol–water partition coefficient (Wildman–Crippen LogP) is 5.10. The molecule has 0 amide bonds. The Bertz CT molecular complexity index is 1280. The van der Waals surface area contributed by atoms with E-state index < -0.39 is 10.0 Å². The molecule has 0 aliphatic heterocycles. The fourth-order valence-electron chi connectivity index (χ4n) is 3.57. The Balaban J connectivity index is 1.70. The molecule has 28 heavy (non-hydrogen) atoms. The van der Waals surface area contributed by atoms with E-state index in [0.29, 0.717) is 10.6 Å². The second-order valence-corrected chi connectivity index (χ2v) is 9.53. The Morgan fingerprint density at radius 1 is 1.04 bits per heavy atom. The molecule has 2 heterocycles. The van der Waals surface area contributed by atoms with Gasteiger partial charge < -0.3 is 0 Å². The van der Waals surface area contributed by atoms with Gasteiger partial charge in [-0.2, -0.15) is 0 Å². The van der Waals surface area contributed by atoms with Crippen LogP contribution in [0.4, 0.5) is 5.69 Å². The average Bonchev–Trinajstić information content (AvgIpc) is 3.16. The van der Waals surface area contributed by atoms with Crippen LogP contribution in [0.2, 0.25) is 0 Å². The van der Waals surface area contributed by atoms with Crippen molar-refractivity contribution >= 4 is 32.0 Å². The number of imidazole rings is 1. The minimum Gasteiger partial charge on any atom is -0.294 e. The van der Waals surface area contributed by atoms with Crippen LogP contribution in [0.1, 0.15) is 22.4 Å². The highest BCUT2D eigenvalue weighted by molar-refractivity contribution is 7.92. The zero-order chi connectivity index (χ0) is 20.1. The van der Waals surface area contributed by atoms with Crippen LogP contribution < -0.4 is 4.72 Å². The summed E-state index contributed by atoms with van der Waals surface area (Å²) in [6, 6.07) is 11.1. The fourth-order valence-corrected chi connectivity index (χ4v) is 5.93. The zero-order valence-electron chi connectivity index (χ0n) is 16.1. The Morgan fingerprint density at radius 2 is 1.75 bits per heavy atom. The molecule has 0 saturated heterocycles. The molecule has 0 aliphatic rings. The maximum atomic E-state index is 13.0. The SMILES string of the molecule is Cc1cc(C)c(S(=O)(=O)Nc2cccc(-c3cn4c(C)csc4n3)c2)c(C)c1. The number of nitrogens with zero attached hydrogens (tertiary/aromatic N) is 2. The molecule has 1 N–H and O–H groups in total. The van der Waals surface area contributed by atoms with Crippen LogP contribution >= 0.6 is 11.3 Å². The molecule has 4 rings (SSSR count). The van der Waals surface area contributed by atoms with E-state index in [1.54, 1.807) is 17.4 Å². The first-order chi connectivity index (χ1) is 13.2. The molecule has 0 aliphatic carbocycles. The van der Waals surface area contributed by atoms with Gasteiger partial charge >= 0.3 is 0 Å². The average molecular weight is 412 g/mol. The van der Waals surface area contributed by atoms with Crippen LogP contribution in [0, 0.1) is 27.7 Å². The number of rotatable bonds is 4. The second-order valence-electron chi connectivity index (χ2n) is 7.07. The maximum Gasteiger partial charge on any atom is 0.262 e. The zero-order valence-corrected chi connectivity index (χ0v) is 17.8. The molecule has 4 aromatic rings. The van der Waals surface area contributed by atoms with E-state index in [1.165, 1.54) is 0 Å². The predicted molar refractivity (Wildman–Crippen MR) is 115 cm³/mol. The lowest BCUT2D eigenvalue weighted by Crippen LogP contribution is -2.16. The largest absolute Gasteiger partial charge is 0.294 e. The van der Waals surface area contributed by atoms with Gasteiger partial charge in [-0.1, -0.05) is 29.8 Å². The molecule has 5 nitrogen and oxygen atoms in total. The summed E-state index contributed by atoms with van der Waals surface area (Å²) in [5.41, 5.74) is 5.86. The van der Waals surface area contributed by atoms with E-state index in [4.69, 9.17) is 0 Å². The molecule has 0 saturated carbocycles. The van der Waals surface area contributed by atoms with Gasteiger partial charge in [0.15, 0.2) is 4.96 Å². The second kappa shape index (κ2) is 6.76. The molecule has 2 aromatic heterocycles. The molecular formula is C21H21N3O2S2. The van der Waals surface area contributed by atoms with Gasteiger partial charge in [0.1, 0.15) is 0 Å². The molecule has 0 fully saturated rings. The first-order valence-electron chi connectivity index (χ1n) is 8.89. The van der Waals surface area contributed by atoms with Crippen molar-refractivity contribution in [2.24, 2.45) is 0 Å². The molecule has 0 unspecified atom stereocenters. The third kappa shape index (κ3) is 3.31. The highest BCUT2D eigenvalue weighted by atomic mass is 32.2. The van der Waals surface area contributed by atoms with Crippen LogP contribution in [-0.4, -0.2) is 17.8 Å². The summed E-state index contributed by atoms with van der Waals surface area (Å²) in [7, 11) is -3.68. The molecule has 0 spiro atoms. The van der Waals surface area contributed by atoms with E-state index in [-0.39, 0.29) is 0 Å². The number of fused-ring (bicyclic) bond motifs is 1. The standard InChI is InChI=1S/C21H21N3O2S2/c1-13-8-14(2)20(15(3)9-13)28(25,26)23-18-7-5-6-17(10-18)19-11-24-16(4)12-27-21(24)22-19/h5-12,23H,1-4H3. The van der Waals surface area contributed by atoms with Crippen molar-refractivity contribution in [3.05, 3.63) is 70.4 Å². The number of benzene rings is 2. The number of aryl methyl sites for hydroxylation is 4. The monoisotopic (exact) mass is 411 g/mol. The molecule has 0 atom stereocenters. The van der Waals surface area contributed by atoms with E-state index in [9.17, 15) is 8.42 Å². The highest BCUT2D eigenvalue weighted by Gasteiger charge is 2.20. The van der Waals surface area contributed by atoms with Gasteiger partial charge in [-0.3, -0.25) is 9.12 Å². The Kier molecular flexibility index (Phi) is 4.51. The summed E-state index contributed by atoms with van der Waals surface area (Å²) < 4.78 is 30.8. The van der Waals surface area contributed by atoms with Gasteiger partial charge in [0.2, 0.25) is 0 Å². The van der Waals surface area contributed by atoms with Crippen molar-refractivity contribution in [2.75, 3.05) is 4.72 Å². The molecule has 2 aromatic carbocycles. The van der Waals surface area contributed by atoms with Gasteiger partial charge in [0, 0.05) is 28.5 Å². The maximum absolute atomic E-state index is 13.0. The van der Waals surface area contributed by atoms with Crippen molar-refractivity contribution in [1.29, 1.82) is 0 Å². The van der Waals surface area contributed by atoms with E-state index in [0.717, 1.165) is 38.6 Å². The number of aromatic nitrogens is 2. The lowest BCUT2D eigenvalue weighted by Gasteiger charge is -2.14. The third-order valence-electron chi connectivity index (χ3n) is 4.67. The van der Waals surface area contributed by atoms with E-state index in [1.807, 2.05) is 68.6 Å². The van der Waals surface area contributed by atoms with Gasteiger partial charge in [-0.05, 0) is 51.0 Å². The molecular weight excluding hydrogens is 390 g/mol. The van der Waals surface area contributed by atoms with E-state index >= 15 is 0 Å². The fraction of sp³-hybridized carbons (Fsp3) is 0.190. The van der Waals surface area contributed by atoms with Gasteiger partial charge in [0.25, 0.3) is 10.0 Å². The van der Waals surface area contributed by atoms with Crippen molar-refractivity contribution in [3.8, 4) is 11.3 Å². The van der Waals surface area contributed by atoms with Crippen molar-refractivity contribution < 1.29 is 8.42 Å². The Morgan fingerprint density at radius 3 is 2.43 bits per heavy atom. The topological polar surface area (TPSA) is 63.5 Å². The lowest BCUT2D eigenvalue weighted by atomic mass is 10.1. The van der Waals surface area contributed by atoms with Crippen molar-refractivity contribution in [3.63, 3.8) is 0 Å². The number of anilines is 1. The third-order valence-corrected chi connectivity index (χ3v) is 7.32. The van der Waals surface area contributed by atoms with Crippen LogP contribution in [-0.2, 0) is 10.0 Å². The molecule has 7 heteroatoms. The van der Waals surface area contributed by atoms with Crippen molar-refractivity contribution in [2.45, 2.75) is 32.6 Å². The number of hydrogen-bond acceptors (Lipinski definition) is 4. The first-order valence-corrected chi connectivity index (χ1v) is 11.3. The van der Waals surface area contributed by atoms with Crippen LogP contribution in [0.15, 0.2) is 52.9 Å². The number of thiazole rings is 1. The van der Waals surface area contributed by atoms with E-state index in [2.05, 4.69) is 15.1 Å². The van der Waals surface area contributed by atoms with Gasteiger partial charge in [-0.15, -0.1) is 11.3 Å². The number of nitrogens with one attached hydrogen (secondary N) is 1. The smallest absolute Gasteiger partial charge is 0.262 e. The first kappa shape index (κ1) is 18.7.